The third-order valence-corrected chi connectivity index (χ3v) is 4.58. The lowest BCUT2D eigenvalue weighted by Gasteiger charge is -2.36. The van der Waals surface area contributed by atoms with E-state index >= 15 is 0 Å². The summed E-state index contributed by atoms with van der Waals surface area (Å²) in [6.45, 7) is 9.09. The second kappa shape index (κ2) is 7.82. The molecule has 2 aromatic rings. The highest BCUT2D eigenvalue weighted by Gasteiger charge is 2.22. The molecule has 1 saturated heterocycles. The molecule has 0 aliphatic carbocycles. The van der Waals surface area contributed by atoms with Crippen LogP contribution in [0, 0.1) is 0 Å². The highest BCUT2D eigenvalue weighted by molar-refractivity contribution is 5.89. The summed E-state index contributed by atoms with van der Waals surface area (Å²) in [6.07, 6.45) is 3.33. The fraction of sp³-hybridized carbons (Fsp3) is 0.450. The summed E-state index contributed by atoms with van der Waals surface area (Å²) in [5.74, 6) is 1.60. The Hall–Kier alpha value is -2.83. The van der Waals surface area contributed by atoms with E-state index in [9.17, 15) is 4.79 Å². The minimum Gasteiger partial charge on any atom is -0.497 e. The van der Waals surface area contributed by atoms with Crippen molar-refractivity contribution in [2.75, 3.05) is 43.5 Å². The molecule has 0 saturated carbocycles. The number of ether oxygens (including phenoxy) is 1. The molecule has 2 heterocycles. The molecule has 1 aromatic carbocycles. The molecule has 7 heteroatoms. The Morgan fingerprint density at radius 3 is 2.15 bits per heavy atom. The molecule has 7 nitrogen and oxygen atoms in total. The molecule has 27 heavy (non-hydrogen) atoms. The third-order valence-electron chi connectivity index (χ3n) is 4.58. The van der Waals surface area contributed by atoms with Crippen molar-refractivity contribution in [3.05, 3.63) is 42.5 Å². The van der Waals surface area contributed by atoms with Crippen molar-refractivity contribution in [2.45, 2.75) is 26.2 Å². The van der Waals surface area contributed by atoms with Crippen LogP contribution in [0.1, 0.15) is 26.6 Å². The number of carbonyl (C=O) groups is 1. The molecular formula is C20H27N5O2. The molecule has 0 spiro atoms. The van der Waals surface area contributed by atoms with Crippen LogP contribution in [-0.4, -0.2) is 54.2 Å². The zero-order valence-corrected chi connectivity index (χ0v) is 16.4. The number of anilines is 2. The van der Waals surface area contributed by atoms with Crippen molar-refractivity contribution in [2.24, 2.45) is 0 Å². The molecule has 1 N–H and O–H groups in total. The zero-order valence-electron chi connectivity index (χ0n) is 16.4. The Balaban J connectivity index is 1.53. The number of hydrogen-bond acceptors (Lipinski definition) is 5. The lowest BCUT2D eigenvalue weighted by atomic mass is 9.96. The fourth-order valence-electron chi connectivity index (χ4n) is 2.94. The van der Waals surface area contributed by atoms with Crippen LogP contribution in [0.25, 0.3) is 0 Å². The summed E-state index contributed by atoms with van der Waals surface area (Å²) in [5, 5.41) is 2.89. The van der Waals surface area contributed by atoms with Crippen molar-refractivity contribution >= 4 is 17.4 Å². The fourth-order valence-corrected chi connectivity index (χ4v) is 2.94. The molecule has 3 rings (SSSR count). The number of amides is 2. The Morgan fingerprint density at radius 2 is 1.63 bits per heavy atom. The van der Waals surface area contributed by atoms with Crippen LogP contribution >= 0.6 is 0 Å². The topological polar surface area (TPSA) is 70.6 Å². The second-order valence-electron chi connectivity index (χ2n) is 7.65. The van der Waals surface area contributed by atoms with Crippen LogP contribution in [-0.2, 0) is 5.41 Å². The highest BCUT2D eigenvalue weighted by Crippen LogP contribution is 2.21. The van der Waals surface area contributed by atoms with E-state index in [-0.39, 0.29) is 11.4 Å². The minimum atomic E-state index is -0.114. The van der Waals surface area contributed by atoms with Crippen LogP contribution in [0.15, 0.2) is 36.7 Å². The highest BCUT2D eigenvalue weighted by atomic mass is 16.5. The van der Waals surface area contributed by atoms with E-state index in [1.807, 2.05) is 29.2 Å². The van der Waals surface area contributed by atoms with E-state index in [4.69, 9.17) is 4.74 Å². The predicted octanol–water partition coefficient (Wildman–Crippen LogP) is 3.14. The minimum absolute atomic E-state index is 0.111. The summed E-state index contributed by atoms with van der Waals surface area (Å²) in [5.41, 5.74) is 1.65. The molecule has 2 amide bonds. The molecule has 1 aliphatic heterocycles. The quantitative estimate of drug-likeness (QED) is 0.900. The standard InChI is InChI=1S/C20H27N5O2/c1-20(2,3)18-21-13-15(14-22-18)23-19(26)25-11-9-24(10-12-25)16-5-7-17(27-4)8-6-16/h5-8,13-14H,9-12H2,1-4H3,(H,23,26). The maximum atomic E-state index is 12.5. The molecular weight excluding hydrogens is 342 g/mol. The van der Waals surface area contributed by atoms with Crippen molar-refractivity contribution in [3.8, 4) is 5.75 Å². The van der Waals surface area contributed by atoms with Gasteiger partial charge >= 0.3 is 6.03 Å². The van der Waals surface area contributed by atoms with E-state index in [1.165, 1.54) is 0 Å². The van der Waals surface area contributed by atoms with Gasteiger partial charge in [-0.2, -0.15) is 0 Å². The molecule has 1 fully saturated rings. The maximum Gasteiger partial charge on any atom is 0.322 e. The summed E-state index contributed by atoms with van der Waals surface area (Å²) < 4.78 is 5.20. The molecule has 0 atom stereocenters. The van der Waals surface area contributed by atoms with Crippen LogP contribution in [0.5, 0.6) is 5.75 Å². The predicted molar refractivity (Wildman–Crippen MR) is 107 cm³/mol. The summed E-state index contributed by atoms with van der Waals surface area (Å²) in [6, 6.07) is 7.88. The number of carbonyl (C=O) groups excluding carboxylic acids is 1. The van der Waals surface area contributed by atoms with E-state index < -0.39 is 0 Å². The summed E-state index contributed by atoms with van der Waals surface area (Å²) >= 11 is 0. The van der Waals surface area contributed by atoms with Crippen LogP contribution in [0.4, 0.5) is 16.2 Å². The average molecular weight is 369 g/mol. The van der Waals surface area contributed by atoms with Crippen LogP contribution < -0.4 is 15.0 Å². The Kier molecular flexibility index (Phi) is 5.48. The van der Waals surface area contributed by atoms with Crippen molar-refractivity contribution in [1.29, 1.82) is 0 Å². The monoisotopic (exact) mass is 369 g/mol. The first-order valence-corrected chi connectivity index (χ1v) is 9.14. The first-order chi connectivity index (χ1) is 12.9. The SMILES string of the molecule is COc1ccc(N2CCN(C(=O)Nc3cnc(C(C)(C)C)nc3)CC2)cc1. The molecule has 144 valence electrons. The van der Waals surface area contributed by atoms with E-state index in [2.05, 4.69) is 41.0 Å². The van der Waals surface area contributed by atoms with E-state index in [0.29, 0.717) is 18.8 Å². The summed E-state index contributed by atoms with van der Waals surface area (Å²) in [7, 11) is 1.66. The van der Waals surface area contributed by atoms with Gasteiger partial charge in [-0.3, -0.25) is 0 Å². The normalized spacial score (nSPS) is 14.8. The number of piperazine rings is 1. The lowest BCUT2D eigenvalue weighted by Crippen LogP contribution is -2.50. The smallest absolute Gasteiger partial charge is 0.322 e. The van der Waals surface area contributed by atoms with Gasteiger partial charge in [0.15, 0.2) is 0 Å². The number of hydrogen-bond donors (Lipinski definition) is 1. The largest absolute Gasteiger partial charge is 0.497 e. The van der Waals surface area contributed by atoms with Gasteiger partial charge in [0.05, 0.1) is 25.2 Å². The molecule has 0 unspecified atom stereocenters. The van der Waals surface area contributed by atoms with Crippen molar-refractivity contribution < 1.29 is 9.53 Å². The maximum absolute atomic E-state index is 12.5. The van der Waals surface area contributed by atoms with Gasteiger partial charge in [0.25, 0.3) is 0 Å². The van der Waals surface area contributed by atoms with E-state index in [1.54, 1.807) is 19.5 Å². The Bertz CT molecular complexity index is 760. The van der Waals surface area contributed by atoms with Gasteiger partial charge in [-0.25, -0.2) is 14.8 Å². The van der Waals surface area contributed by atoms with Gasteiger partial charge in [0.1, 0.15) is 11.6 Å². The molecule has 0 bridgehead atoms. The third kappa shape index (κ3) is 4.67. The summed E-state index contributed by atoms with van der Waals surface area (Å²) in [4.78, 5) is 25.3. The van der Waals surface area contributed by atoms with Crippen molar-refractivity contribution in [3.63, 3.8) is 0 Å². The van der Waals surface area contributed by atoms with Gasteiger partial charge < -0.3 is 19.9 Å². The second-order valence-corrected chi connectivity index (χ2v) is 7.65. The number of nitrogens with one attached hydrogen (secondary N) is 1. The number of nitrogens with zero attached hydrogens (tertiary/aromatic N) is 4. The van der Waals surface area contributed by atoms with Gasteiger partial charge in [0, 0.05) is 37.3 Å². The number of methoxy groups -OCH3 is 1. The molecule has 0 radical (unpaired) electrons. The van der Waals surface area contributed by atoms with Crippen LogP contribution in [0.2, 0.25) is 0 Å². The number of aromatic nitrogens is 2. The van der Waals surface area contributed by atoms with Crippen LogP contribution in [0.3, 0.4) is 0 Å². The lowest BCUT2D eigenvalue weighted by molar-refractivity contribution is 0.208. The van der Waals surface area contributed by atoms with Crippen molar-refractivity contribution in [1.82, 2.24) is 14.9 Å². The van der Waals surface area contributed by atoms with Gasteiger partial charge in [-0.15, -0.1) is 0 Å². The Labute approximate surface area is 160 Å². The molecule has 1 aliphatic rings. The zero-order chi connectivity index (χ0) is 19.4. The average Bonchev–Trinajstić information content (AvgIpc) is 2.68. The van der Waals surface area contributed by atoms with Gasteiger partial charge in [0.2, 0.25) is 0 Å². The van der Waals surface area contributed by atoms with Gasteiger partial charge in [-0.1, -0.05) is 20.8 Å². The number of rotatable bonds is 3. The van der Waals surface area contributed by atoms with Gasteiger partial charge in [-0.05, 0) is 24.3 Å². The number of benzene rings is 1. The Morgan fingerprint density at radius 1 is 1.04 bits per heavy atom. The number of urea groups is 1. The van der Waals surface area contributed by atoms with E-state index in [0.717, 1.165) is 30.4 Å². The molecule has 1 aromatic heterocycles. The first kappa shape index (κ1) is 18.9. The first-order valence-electron chi connectivity index (χ1n) is 9.14.